The molecule has 1 aromatic carbocycles. The maximum Gasteiger partial charge on any atom is 0.315 e. The van der Waals surface area contributed by atoms with Gasteiger partial charge in [-0.1, -0.05) is 23.7 Å². The molecule has 2 aromatic rings. The molecular weight excluding hydrogens is 428 g/mol. The van der Waals surface area contributed by atoms with Crippen LogP contribution in [0.3, 0.4) is 0 Å². The minimum Gasteiger partial charge on any atom is -0.352 e. The van der Waals surface area contributed by atoms with Crippen LogP contribution in [0.1, 0.15) is 36.1 Å². The zero-order valence-corrected chi connectivity index (χ0v) is 16.4. The fraction of sp³-hybridized carbons (Fsp3) is 0.316. The van der Waals surface area contributed by atoms with E-state index in [-0.39, 0.29) is 24.2 Å². The average molecular weight is 445 g/mol. The molecule has 30 heavy (non-hydrogen) atoms. The Hall–Kier alpha value is -2.88. The summed E-state index contributed by atoms with van der Waals surface area (Å²) in [7, 11) is 0. The second-order valence-corrected chi connectivity index (χ2v) is 7.29. The normalized spacial score (nSPS) is 20.2. The lowest BCUT2D eigenvalue weighted by atomic mass is 9.73. The number of amides is 3. The number of carbonyl (C=O) groups excluding carboxylic acids is 2. The van der Waals surface area contributed by atoms with Crippen LogP contribution in [0.4, 0.5) is 22.4 Å². The minimum absolute atomic E-state index is 0.0210. The second-order valence-electron chi connectivity index (χ2n) is 6.91. The molecule has 6 nitrogen and oxygen atoms in total. The van der Waals surface area contributed by atoms with Gasteiger partial charge in [0.25, 0.3) is 6.43 Å². The third-order valence-electron chi connectivity index (χ3n) is 5.21. The van der Waals surface area contributed by atoms with E-state index >= 15 is 4.39 Å². The van der Waals surface area contributed by atoms with Crippen molar-refractivity contribution in [2.75, 3.05) is 13.1 Å². The van der Waals surface area contributed by atoms with Crippen molar-refractivity contribution in [3.63, 3.8) is 0 Å². The summed E-state index contributed by atoms with van der Waals surface area (Å²) in [6.45, 7) is 1.49. The van der Waals surface area contributed by atoms with Crippen molar-refractivity contribution in [3.05, 3.63) is 63.9 Å². The van der Waals surface area contributed by atoms with Crippen LogP contribution in [-0.2, 0) is 4.79 Å². The highest BCUT2D eigenvalue weighted by molar-refractivity contribution is 6.31. The number of carbonyl (C=O) groups is 2. The number of nitrogens with zero attached hydrogens (tertiary/aromatic N) is 2. The maximum atomic E-state index is 15.0. The molecular formula is C19H17ClF4N4O2. The zero-order valence-electron chi connectivity index (χ0n) is 15.6. The van der Waals surface area contributed by atoms with Crippen molar-refractivity contribution in [2.45, 2.75) is 24.8 Å². The lowest BCUT2D eigenvalue weighted by molar-refractivity contribution is -0.134. The number of halogens is 5. The number of rotatable bonds is 4. The monoisotopic (exact) mass is 444 g/mol. The Balaban J connectivity index is 2.28. The van der Waals surface area contributed by atoms with Crippen LogP contribution in [0.5, 0.6) is 0 Å². The molecule has 3 N–H and O–H groups in total. The number of alkyl halides is 2. The largest absolute Gasteiger partial charge is 0.352 e. The number of hydrogen-bond donors (Lipinski definition) is 2. The van der Waals surface area contributed by atoms with Gasteiger partial charge in [0.1, 0.15) is 27.9 Å². The van der Waals surface area contributed by atoms with Gasteiger partial charge >= 0.3 is 6.03 Å². The third kappa shape index (κ3) is 3.55. The summed E-state index contributed by atoms with van der Waals surface area (Å²) in [4.78, 5) is 29.8. The summed E-state index contributed by atoms with van der Waals surface area (Å²) in [6.07, 6.45) is -1.79. The van der Waals surface area contributed by atoms with Crippen LogP contribution in [0.25, 0.3) is 0 Å². The molecule has 1 saturated heterocycles. The summed E-state index contributed by atoms with van der Waals surface area (Å²) in [5.41, 5.74) is 3.07. The number of nitrogens with one attached hydrogen (secondary N) is 1. The Morgan fingerprint density at radius 2 is 2.00 bits per heavy atom. The number of urea groups is 1. The number of nitrogens with two attached hydrogens (primary N) is 1. The first kappa shape index (κ1) is 21.8. The SMILES string of the molecule is CC1([C@@H](c2ccc(C(F)F)nc2)c2ccc(F)c(Cl)c2F)C(=O)NCCN1C(N)=O. The molecule has 1 unspecified atom stereocenters. The van der Waals surface area contributed by atoms with Crippen LogP contribution < -0.4 is 11.1 Å². The molecule has 0 aliphatic carbocycles. The zero-order chi connectivity index (χ0) is 22.2. The Labute approximate surface area is 174 Å². The fourth-order valence-electron chi connectivity index (χ4n) is 3.73. The van der Waals surface area contributed by atoms with E-state index in [1.165, 1.54) is 13.0 Å². The first-order valence-corrected chi connectivity index (χ1v) is 9.19. The van der Waals surface area contributed by atoms with Crippen LogP contribution >= 0.6 is 11.6 Å². The second kappa shape index (κ2) is 8.10. The van der Waals surface area contributed by atoms with Crippen molar-refractivity contribution in [2.24, 2.45) is 5.73 Å². The molecule has 1 aliphatic rings. The highest BCUT2D eigenvalue weighted by Gasteiger charge is 2.52. The summed E-state index contributed by atoms with van der Waals surface area (Å²) < 4.78 is 54.6. The molecule has 2 heterocycles. The summed E-state index contributed by atoms with van der Waals surface area (Å²) in [6, 6.07) is 3.31. The van der Waals surface area contributed by atoms with E-state index < -0.39 is 52.2 Å². The molecule has 0 spiro atoms. The van der Waals surface area contributed by atoms with Gasteiger partial charge in [0.05, 0.1) is 0 Å². The van der Waals surface area contributed by atoms with Crippen LogP contribution in [0.2, 0.25) is 5.02 Å². The number of pyridine rings is 1. The quantitative estimate of drug-likeness (QED) is 0.560. The topological polar surface area (TPSA) is 88.3 Å². The molecule has 0 saturated carbocycles. The van der Waals surface area contributed by atoms with Crippen LogP contribution in [0, 0.1) is 11.6 Å². The van der Waals surface area contributed by atoms with Gasteiger partial charge in [-0.05, 0) is 24.6 Å². The van der Waals surface area contributed by atoms with E-state index in [2.05, 4.69) is 10.3 Å². The predicted octanol–water partition coefficient (Wildman–Crippen LogP) is 3.35. The van der Waals surface area contributed by atoms with E-state index in [0.717, 1.165) is 29.3 Å². The van der Waals surface area contributed by atoms with Gasteiger partial charge in [-0.3, -0.25) is 9.78 Å². The lowest BCUT2D eigenvalue weighted by Gasteiger charge is -2.47. The lowest BCUT2D eigenvalue weighted by Crippen LogP contribution is -2.68. The van der Waals surface area contributed by atoms with E-state index in [1.54, 1.807) is 0 Å². The van der Waals surface area contributed by atoms with Gasteiger partial charge < -0.3 is 16.0 Å². The molecule has 0 bridgehead atoms. The van der Waals surface area contributed by atoms with Gasteiger partial charge in [0.2, 0.25) is 5.91 Å². The van der Waals surface area contributed by atoms with E-state index in [9.17, 15) is 22.8 Å². The van der Waals surface area contributed by atoms with E-state index in [0.29, 0.717) is 0 Å². The van der Waals surface area contributed by atoms with Crippen molar-refractivity contribution in [1.82, 2.24) is 15.2 Å². The molecule has 1 aliphatic heterocycles. The third-order valence-corrected chi connectivity index (χ3v) is 5.56. The Morgan fingerprint density at radius 1 is 1.30 bits per heavy atom. The summed E-state index contributed by atoms with van der Waals surface area (Å²) in [5, 5.41) is 1.79. The molecule has 1 fully saturated rings. The molecule has 1 aromatic heterocycles. The van der Waals surface area contributed by atoms with E-state index in [4.69, 9.17) is 17.3 Å². The molecule has 3 amide bonds. The first-order chi connectivity index (χ1) is 14.1. The molecule has 3 rings (SSSR count). The minimum atomic E-state index is -2.84. The van der Waals surface area contributed by atoms with Gasteiger partial charge in [-0.15, -0.1) is 0 Å². The van der Waals surface area contributed by atoms with Crippen LogP contribution in [-0.4, -0.2) is 40.5 Å². The fourth-order valence-corrected chi connectivity index (χ4v) is 3.90. The van der Waals surface area contributed by atoms with Gasteiger partial charge in [-0.2, -0.15) is 0 Å². The first-order valence-electron chi connectivity index (χ1n) is 8.81. The summed E-state index contributed by atoms with van der Waals surface area (Å²) in [5.74, 6) is -4.10. The predicted molar refractivity (Wildman–Crippen MR) is 100 cm³/mol. The highest BCUT2D eigenvalue weighted by atomic mass is 35.5. The standard InChI is InChI=1S/C19H17ClF4N4O2/c1-19(17(29)26-6-7-28(19)18(25)30)13(9-2-5-12(16(23)24)27-8-9)10-3-4-11(21)14(20)15(10)22/h2-5,8,13,16H,6-7H2,1H3,(H2,25,30)(H,26,29)/t13-,19?/m0/s1. The van der Waals surface area contributed by atoms with Crippen molar-refractivity contribution < 1.29 is 27.2 Å². The Kier molecular flexibility index (Phi) is 5.89. The van der Waals surface area contributed by atoms with Crippen LogP contribution in [0.15, 0.2) is 30.5 Å². The van der Waals surface area contributed by atoms with Gasteiger partial charge in [0.15, 0.2) is 0 Å². The number of benzene rings is 1. The van der Waals surface area contributed by atoms with Crippen molar-refractivity contribution in [1.29, 1.82) is 0 Å². The van der Waals surface area contributed by atoms with Crippen molar-refractivity contribution in [3.8, 4) is 0 Å². The van der Waals surface area contributed by atoms with Gasteiger partial charge in [-0.25, -0.2) is 22.4 Å². The van der Waals surface area contributed by atoms with Crippen molar-refractivity contribution >= 4 is 23.5 Å². The maximum absolute atomic E-state index is 15.0. The summed E-state index contributed by atoms with van der Waals surface area (Å²) >= 11 is 5.73. The number of aromatic nitrogens is 1. The Morgan fingerprint density at radius 3 is 2.57 bits per heavy atom. The number of primary amides is 1. The number of piperazine rings is 1. The van der Waals surface area contributed by atoms with Gasteiger partial charge in [0, 0.05) is 30.8 Å². The highest BCUT2D eigenvalue weighted by Crippen LogP contribution is 2.42. The molecule has 0 radical (unpaired) electrons. The molecule has 160 valence electrons. The smallest absolute Gasteiger partial charge is 0.315 e. The average Bonchev–Trinajstić information content (AvgIpc) is 2.70. The number of hydrogen-bond acceptors (Lipinski definition) is 3. The Bertz CT molecular complexity index is 989. The molecule has 11 heteroatoms. The molecule has 2 atom stereocenters. The van der Waals surface area contributed by atoms with E-state index in [1.807, 2.05) is 0 Å².